The molecule has 1 saturated heterocycles. The van der Waals surface area contributed by atoms with Crippen molar-refractivity contribution in [3.8, 4) is 0 Å². The lowest BCUT2D eigenvalue weighted by molar-refractivity contribution is -0.0416. The third-order valence-electron chi connectivity index (χ3n) is 12.3. The number of allylic oxidation sites excluding steroid dienone is 2. The molecule has 0 aromatic carbocycles. The van der Waals surface area contributed by atoms with Gasteiger partial charge >= 0.3 is 0 Å². The first-order valence-electron chi connectivity index (χ1n) is 25.4. The Hall–Kier alpha value is -4.59. The highest BCUT2D eigenvalue weighted by molar-refractivity contribution is 5.95. The Bertz CT molecular complexity index is 2070. The molecule has 6 aliphatic rings. The van der Waals surface area contributed by atoms with E-state index in [2.05, 4.69) is 178 Å². The predicted octanol–water partition coefficient (Wildman–Crippen LogP) is 13.1. The van der Waals surface area contributed by atoms with Gasteiger partial charge in [-0.2, -0.15) is 20.4 Å². The minimum atomic E-state index is 0.189. The molecule has 0 amide bonds. The molecule has 0 spiro atoms. The largest absolute Gasteiger partial charge is 0.357 e. The Kier molecular flexibility index (Phi) is 20.3. The molecule has 3 saturated carbocycles. The molecule has 3 aliphatic carbocycles. The van der Waals surface area contributed by atoms with E-state index in [0.717, 1.165) is 61.7 Å². The lowest BCUT2D eigenvalue weighted by Gasteiger charge is -2.25. The summed E-state index contributed by atoms with van der Waals surface area (Å²) in [6.07, 6.45) is 24.1. The van der Waals surface area contributed by atoms with Crippen LogP contribution in [-0.2, 0) is 11.3 Å². The van der Waals surface area contributed by atoms with Gasteiger partial charge in [-0.25, -0.2) is 9.36 Å². The fourth-order valence-corrected chi connectivity index (χ4v) is 7.15. The molecule has 4 aromatic rings. The smallest absolute Gasteiger partial charge is 0.150 e. The van der Waals surface area contributed by atoms with Crippen molar-refractivity contribution in [2.24, 2.45) is 27.1 Å². The molecular formula is C52H85N13O. The molecule has 0 radical (unpaired) electrons. The summed E-state index contributed by atoms with van der Waals surface area (Å²) in [7, 11) is 0. The second kappa shape index (κ2) is 25.5. The normalized spacial score (nSPS) is 18.7. The predicted molar refractivity (Wildman–Crippen MR) is 267 cm³/mol. The molecule has 1 unspecified atom stereocenters. The van der Waals surface area contributed by atoms with Gasteiger partial charge in [-0.15, -0.1) is 10.2 Å². The quantitative estimate of drug-likeness (QED) is 0.146. The second-order valence-electron chi connectivity index (χ2n) is 20.5. The van der Waals surface area contributed by atoms with E-state index < -0.39 is 0 Å². The van der Waals surface area contributed by atoms with Gasteiger partial charge in [0.1, 0.15) is 6.23 Å². The monoisotopic (exact) mass is 908 g/mol. The number of azo groups is 1. The molecule has 4 fully saturated rings. The fourth-order valence-electron chi connectivity index (χ4n) is 7.15. The summed E-state index contributed by atoms with van der Waals surface area (Å²) < 4.78 is 14.0. The number of hydrogen-bond acceptors (Lipinski definition) is 10. The summed E-state index contributed by atoms with van der Waals surface area (Å²) in [5, 5.41) is 32.9. The van der Waals surface area contributed by atoms with Crippen molar-refractivity contribution in [2.45, 2.75) is 209 Å². The molecule has 0 N–H and O–H groups in total. The van der Waals surface area contributed by atoms with Gasteiger partial charge in [-0.3, -0.25) is 14.4 Å². The van der Waals surface area contributed by atoms with Crippen LogP contribution in [0.2, 0.25) is 0 Å². The van der Waals surface area contributed by atoms with Gasteiger partial charge < -0.3 is 4.74 Å². The van der Waals surface area contributed by atoms with Crippen molar-refractivity contribution >= 4 is 5.71 Å². The van der Waals surface area contributed by atoms with Gasteiger partial charge in [0.05, 0.1) is 54.1 Å². The molecule has 14 heteroatoms. The van der Waals surface area contributed by atoms with Crippen LogP contribution in [-0.4, -0.2) is 75.0 Å². The van der Waals surface area contributed by atoms with Crippen molar-refractivity contribution in [1.82, 2.24) is 49.5 Å². The summed E-state index contributed by atoms with van der Waals surface area (Å²) in [6.45, 7) is 33.7. The third-order valence-corrected chi connectivity index (χ3v) is 12.3. The van der Waals surface area contributed by atoms with Crippen LogP contribution in [0.1, 0.15) is 231 Å². The minimum absolute atomic E-state index is 0.189. The number of aromatic nitrogens is 10. The molecule has 0 bridgehead atoms. The molecule has 14 nitrogen and oxygen atoms in total. The Morgan fingerprint density at radius 3 is 1.77 bits per heavy atom. The summed E-state index contributed by atoms with van der Waals surface area (Å²) in [5.41, 5.74) is 9.95. The number of hydrogen-bond donors (Lipinski definition) is 0. The second-order valence-corrected chi connectivity index (χ2v) is 20.5. The zero-order valence-electron chi connectivity index (χ0n) is 43.2. The summed E-state index contributed by atoms with van der Waals surface area (Å²) in [6, 6.07) is 3.69. The van der Waals surface area contributed by atoms with Crippen LogP contribution in [0.25, 0.3) is 0 Å². The highest BCUT2D eigenvalue weighted by atomic mass is 16.5. The van der Waals surface area contributed by atoms with Crippen molar-refractivity contribution in [1.29, 1.82) is 0 Å². The number of aliphatic imine (C=N–C) groups is 1. The maximum atomic E-state index is 5.87. The topological polar surface area (TPSA) is 143 Å². The van der Waals surface area contributed by atoms with Crippen molar-refractivity contribution < 1.29 is 4.74 Å². The Balaban J connectivity index is 0.000000151. The van der Waals surface area contributed by atoms with Gasteiger partial charge in [0.25, 0.3) is 0 Å². The standard InChI is InChI=1S/C14H22N2O.C9H14N2.C8H13N3.C8H13N.C7H13N3.C6H10N2/c1-10(2)13-9-12(11-6-7-11)15-16(13)14-5-3-4-8-17-14;1-7(2)8-5-10-11(6-8)9-3-4-9;1-6(2)8-5-11(10-9-8)7-3-4-7;1-6(2)8-4-7(3)9-5-8;1-4-10-5-7(6(2)3)8-9-10;1-5(2)6-3-4-7-8-6/h9-11,14H,3-8H2,1-2H3;5-7,9H,3-4H2,1-2H3;5-7H,3-4H2,1-2H3;4,6H,5H2,1-3H3;5-6H,4H2,1-3H3;3,5H,4H2,1-2H3. The molecule has 10 rings (SSSR count). The molecular weight excluding hydrogens is 823 g/mol. The fraction of sp³-hybridized carbons (Fsp3) is 0.712. The van der Waals surface area contributed by atoms with Crippen LogP contribution in [0.5, 0.6) is 0 Å². The average Bonchev–Trinajstić information content (AvgIpc) is 4.15. The molecule has 364 valence electrons. The zero-order valence-corrected chi connectivity index (χ0v) is 43.2. The highest BCUT2D eigenvalue weighted by Gasteiger charge is 2.30. The van der Waals surface area contributed by atoms with Crippen molar-refractivity contribution in [3.63, 3.8) is 0 Å². The zero-order chi connectivity index (χ0) is 47.9. The van der Waals surface area contributed by atoms with Gasteiger partial charge in [-0.05, 0) is 136 Å². The van der Waals surface area contributed by atoms with Crippen LogP contribution >= 0.6 is 0 Å². The first-order valence-corrected chi connectivity index (χ1v) is 25.4. The van der Waals surface area contributed by atoms with Gasteiger partial charge in [0.15, 0.2) is 0 Å². The molecule has 3 aliphatic heterocycles. The molecule has 7 heterocycles. The van der Waals surface area contributed by atoms with E-state index in [1.165, 1.54) is 79.6 Å². The third kappa shape index (κ3) is 16.9. The van der Waals surface area contributed by atoms with E-state index in [9.17, 15) is 0 Å². The number of ether oxygens (including phenoxy) is 1. The van der Waals surface area contributed by atoms with Crippen LogP contribution in [0, 0.1) is 11.8 Å². The van der Waals surface area contributed by atoms with Crippen molar-refractivity contribution in [3.05, 3.63) is 82.6 Å². The highest BCUT2D eigenvalue weighted by Crippen LogP contribution is 2.41. The first-order chi connectivity index (χ1) is 31.5. The van der Waals surface area contributed by atoms with E-state index >= 15 is 0 Å². The van der Waals surface area contributed by atoms with Crippen LogP contribution in [0.3, 0.4) is 0 Å². The van der Waals surface area contributed by atoms with Crippen LogP contribution < -0.4 is 0 Å². The molecule has 66 heavy (non-hydrogen) atoms. The Morgan fingerprint density at radius 1 is 0.697 bits per heavy atom. The average molecular weight is 908 g/mol. The van der Waals surface area contributed by atoms with Gasteiger partial charge in [0, 0.05) is 49.1 Å². The van der Waals surface area contributed by atoms with Crippen LogP contribution in [0.4, 0.5) is 0 Å². The number of aryl methyl sites for hydroxylation is 1. The van der Waals surface area contributed by atoms with E-state index in [4.69, 9.17) is 9.84 Å². The minimum Gasteiger partial charge on any atom is -0.357 e. The molecule has 1 atom stereocenters. The van der Waals surface area contributed by atoms with Crippen molar-refractivity contribution in [2.75, 3.05) is 19.7 Å². The number of rotatable bonds is 11. The molecule has 4 aromatic heterocycles. The van der Waals surface area contributed by atoms with Gasteiger partial charge in [0.2, 0.25) is 0 Å². The lowest BCUT2D eigenvalue weighted by Crippen LogP contribution is -2.21. The summed E-state index contributed by atoms with van der Waals surface area (Å²) in [5.74, 6) is 4.08. The Labute approximate surface area is 397 Å². The van der Waals surface area contributed by atoms with E-state index in [0.29, 0.717) is 41.5 Å². The SMILES string of the molecule is CC(C)C1=CCN=N1.CC(C)c1cc(C2CC2)nn1C1CCCCO1.CC(C)c1cn(C2CC2)nn1.CC(C)c1cnn(C2CC2)c1.CC1=NCC(C(C)C)=C1.CCn1cc(C(C)C)nn1. The van der Waals surface area contributed by atoms with Crippen LogP contribution in [0.15, 0.2) is 69.5 Å². The first kappa shape index (κ1) is 52.4. The maximum absolute atomic E-state index is 5.87. The summed E-state index contributed by atoms with van der Waals surface area (Å²) in [4.78, 5) is 4.26. The van der Waals surface area contributed by atoms with E-state index in [1.54, 1.807) is 0 Å². The maximum Gasteiger partial charge on any atom is 0.150 e. The van der Waals surface area contributed by atoms with Gasteiger partial charge in [-0.1, -0.05) is 93.5 Å². The van der Waals surface area contributed by atoms with E-state index in [-0.39, 0.29) is 6.23 Å². The lowest BCUT2D eigenvalue weighted by atomic mass is 10.0. The summed E-state index contributed by atoms with van der Waals surface area (Å²) >= 11 is 0. The number of nitrogens with zero attached hydrogens (tertiary/aromatic N) is 13. The Morgan fingerprint density at radius 2 is 1.36 bits per heavy atom. The van der Waals surface area contributed by atoms with E-state index in [1.807, 2.05) is 21.8 Å².